The molecule has 0 saturated carbocycles. The number of rotatable bonds is 7. The summed E-state index contributed by atoms with van der Waals surface area (Å²) in [7, 11) is 4.20. The van der Waals surface area contributed by atoms with Crippen molar-refractivity contribution in [1.82, 2.24) is 14.3 Å². The van der Waals surface area contributed by atoms with Gasteiger partial charge in [0.15, 0.2) is 0 Å². The maximum absolute atomic E-state index is 4.61. The van der Waals surface area contributed by atoms with E-state index in [0.29, 0.717) is 0 Å². The molecule has 2 heterocycles. The Bertz CT molecular complexity index is 744. The van der Waals surface area contributed by atoms with Crippen molar-refractivity contribution in [2.75, 3.05) is 14.1 Å². The molecule has 0 aliphatic heterocycles. The van der Waals surface area contributed by atoms with E-state index >= 15 is 0 Å². The molecular formula is C20H25N3. The van der Waals surface area contributed by atoms with Crippen LogP contribution in [0.25, 0.3) is 5.52 Å². The van der Waals surface area contributed by atoms with Crippen LogP contribution in [0.2, 0.25) is 0 Å². The van der Waals surface area contributed by atoms with Gasteiger partial charge in [-0.15, -0.1) is 0 Å². The molecule has 3 aromatic rings. The molecule has 23 heavy (non-hydrogen) atoms. The van der Waals surface area contributed by atoms with Crippen molar-refractivity contribution in [2.24, 2.45) is 0 Å². The molecule has 0 saturated heterocycles. The third-order valence-corrected chi connectivity index (χ3v) is 4.19. The van der Waals surface area contributed by atoms with Crippen molar-refractivity contribution in [1.29, 1.82) is 0 Å². The minimum Gasteiger partial charge on any atom is -0.316 e. The van der Waals surface area contributed by atoms with Crippen LogP contribution < -0.4 is 0 Å². The first-order valence-corrected chi connectivity index (χ1v) is 8.36. The summed E-state index contributed by atoms with van der Waals surface area (Å²) >= 11 is 0. The molecule has 0 unspecified atom stereocenters. The van der Waals surface area contributed by atoms with E-state index in [-0.39, 0.29) is 0 Å². The predicted molar refractivity (Wildman–Crippen MR) is 95.7 cm³/mol. The number of fused-ring (bicyclic) bond motifs is 1. The molecule has 0 spiro atoms. The van der Waals surface area contributed by atoms with Gasteiger partial charge in [-0.25, -0.2) is 0 Å². The molecule has 0 fully saturated rings. The smallest absolute Gasteiger partial charge is 0.0669 e. The quantitative estimate of drug-likeness (QED) is 0.616. The molecule has 0 aliphatic rings. The SMILES string of the molecule is CN(C)Cc1ccc2c(CCCCc3ccccc3)nccn12. The summed E-state index contributed by atoms with van der Waals surface area (Å²) < 4.78 is 2.28. The summed E-state index contributed by atoms with van der Waals surface area (Å²) in [6.45, 7) is 0.950. The fourth-order valence-corrected chi connectivity index (χ4v) is 3.07. The standard InChI is InChI=1S/C20H25N3/c1-22(2)16-18-12-13-20-19(21-14-15-23(18)20)11-7-6-10-17-8-4-3-5-9-17/h3-5,8-9,12-15H,6-7,10-11,16H2,1-2H3. The Labute approximate surface area is 138 Å². The van der Waals surface area contributed by atoms with Crippen molar-refractivity contribution >= 4 is 5.52 Å². The Kier molecular flexibility index (Phi) is 5.09. The Morgan fingerprint density at radius 3 is 2.52 bits per heavy atom. The fourth-order valence-electron chi connectivity index (χ4n) is 3.07. The minimum absolute atomic E-state index is 0.950. The highest BCUT2D eigenvalue weighted by Crippen LogP contribution is 2.17. The summed E-state index contributed by atoms with van der Waals surface area (Å²) in [5.41, 5.74) is 5.21. The zero-order valence-electron chi connectivity index (χ0n) is 14.1. The van der Waals surface area contributed by atoms with Crippen molar-refractivity contribution in [2.45, 2.75) is 32.2 Å². The predicted octanol–water partition coefficient (Wildman–Crippen LogP) is 3.96. The van der Waals surface area contributed by atoms with Crippen LogP contribution >= 0.6 is 0 Å². The second kappa shape index (κ2) is 7.42. The van der Waals surface area contributed by atoms with E-state index in [1.807, 2.05) is 6.20 Å². The van der Waals surface area contributed by atoms with Crippen molar-refractivity contribution in [3.8, 4) is 0 Å². The Hall–Kier alpha value is -2.13. The number of hydrogen-bond donors (Lipinski definition) is 0. The number of benzene rings is 1. The number of nitrogens with zero attached hydrogens (tertiary/aromatic N) is 3. The average Bonchev–Trinajstić information content (AvgIpc) is 2.96. The number of unbranched alkanes of at least 4 members (excludes halogenated alkanes) is 1. The molecule has 0 N–H and O–H groups in total. The molecule has 1 aromatic carbocycles. The molecule has 0 aliphatic carbocycles. The Morgan fingerprint density at radius 2 is 1.74 bits per heavy atom. The van der Waals surface area contributed by atoms with Crippen LogP contribution in [0.15, 0.2) is 54.9 Å². The van der Waals surface area contributed by atoms with Gasteiger partial charge in [0.1, 0.15) is 0 Å². The van der Waals surface area contributed by atoms with Gasteiger partial charge < -0.3 is 9.30 Å². The van der Waals surface area contributed by atoms with Gasteiger partial charge in [-0.1, -0.05) is 30.3 Å². The van der Waals surface area contributed by atoms with Gasteiger partial charge in [0, 0.05) is 24.6 Å². The summed E-state index contributed by atoms with van der Waals surface area (Å²) in [5, 5.41) is 0. The van der Waals surface area contributed by atoms with Crippen LogP contribution in [0, 0.1) is 0 Å². The molecule has 0 amide bonds. The summed E-state index contributed by atoms with van der Waals surface area (Å²) in [6.07, 6.45) is 8.58. The lowest BCUT2D eigenvalue weighted by Gasteiger charge is -2.10. The van der Waals surface area contributed by atoms with Gasteiger partial charge in [-0.3, -0.25) is 4.98 Å². The highest BCUT2D eigenvalue weighted by Gasteiger charge is 2.07. The molecule has 0 atom stereocenters. The van der Waals surface area contributed by atoms with Crippen molar-refractivity contribution < 1.29 is 0 Å². The third-order valence-electron chi connectivity index (χ3n) is 4.19. The largest absolute Gasteiger partial charge is 0.316 e. The van der Waals surface area contributed by atoms with Crippen molar-refractivity contribution in [3.63, 3.8) is 0 Å². The van der Waals surface area contributed by atoms with Crippen LogP contribution in [-0.2, 0) is 19.4 Å². The molecule has 3 heteroatoms. The molecular weight excluding hydrogens is 282 g/mol. The highest BCUT2D eigenvalue weighted by molar-refractivity contribution is 5.54. The first kappa shape index (κ1) is 15.8. The normalized spacial score (nSPS) is 11.4. The summed E-state index contributed by atoms with van der Waals surface area (Å²) in [4.78, 5) is 6.81. The van der Waals surface area contributed by atoms with Gasteiger partial charge in [-0.05, 0) is 57.5 Å². The van der Waals surface area contributed by atoms with Gasteiger partial charge in [0.25, 0.3) is 0 Å². The average molecular weight is 307 g/mol. The fraction of sp³-hybridized carbons (Fsp3) is 0.350. The van der Waals surface area contributed by atoms with Gasteiger partial charge >= 0.3 is 0 Å². The molecule has 2 aromatic heterocycles. The first-order chi connectivity index (χ1) is 11.2. The van der Waals surface area contributed by atoms with E-state index in [4.69, 9.17) is 0 Å². The van der Waals surface area contributed by atoms with E-state index < -0.39 is 0 Å². The lowest BCUT2D eigenvalue weighted by atomic mass is 10.1. The monoisotopic (exact) mass is 307 g/mol. The second-order valence-corrected chi connectivity index (χ2v) is 6.38. The number of hydrogen-bond acceptors (Lipinski definition) is 2. The zero-order chi connectivity index (χ0) is 16.1. The van der Waals surface area contributed by atoms with Gasteiger partial charge in [0.2, 0.25) is 0 Å². The number of aryl methyl sites for hydroxylation is 2. The van der Waals surface area contributed by atoms with Crippen LogP contribution in [0.4, 0.5) is 0 Å². The maximum Gasteiger partial charge on any atom is 0.0669 e. The summed E-state index contributed by atoms with van der Waals surface area (Å²) in [5.74, 6) is 0. The zero-order valence-corrected chi connectivity index (χ0v) is 14.1. The molecule has 0 bridgehead atoms. The van der Waals surface area contributed by atoms with E-state index in [2.05, 4.69) is 77.0 Å². The van der Waals surface area contributed by atoms with E-state index in [1.54, 1.807) is 0 Å². The minimum atomic E-state index is 0.950. The summed E-state index contributed by atoms with van der Waals surface area (Å²) in [6, 6.07) is 15.1. The second-order valence-electron chi connectivity index (χ2n) is 6.38. The van der Waals surface area contributed by atoms with Crippen LogP contribution in [0.5, 0.6) is 0 Å². The van der Waals surface area contributed by atoms with Gasteiger partial charge in [-0.2, -0.15) is 0 Å². The highest BCUT2D eigenvalue weighted by atomic mass is 15.1. The van der Waals surface area contributed by atoms with Gasteiger partial charge in [0.05, 0.1) is 11.2 Å². The molecule has 0 radical (unpaired) electrons. The first-order valence-electron chi connectivity index (χ1n) is 8.36. The lowest BCUT2D eigenvalue weighted by molar-refractivity contribution is 0.395. The third kappa shape index (κ3) is 3.99. The van der Waals surface area contributed by atoms with Crippen LogP contribution in [-0.4, -0.2) is 28.4 Å². The molecule has 3 nitrogen and oxygen atoms in total. The number of aromatic nitrogens is 2. The topological polar surface area (TPSA) is 20.5 Å². The molecule has 3 rings (SSSR count). The lowest BCUT2D eigenvalue weighted by Crippen LogP contribution is -2.12. The van der Waals surface area contributed by atoms with E-state index in [1.165, 1.54) is 35.3 Å². The van der Waals surface area contributed by atoms with Crippen molar-refractivity contribution in [3.05, 3.63) is 71.8 Å². The molecule has 120 valence electrons. The Balaban J connectivity index is 1.63. The van der Waals surface area contributed by atoms with E-state index in [9.17, 15) is 0 Å². The van der Waals surface area contributed by atoms with Crippen LogP contribution in [0.3, 0.4) is 0 Å². The maximum atomic E-state index is 4.61. The van der Waals surface area contributed by atoms with E-state index in [0.717, 1.165) is 19.4 Å². The van der Waals surface area contributed by atoms with Crippen LogP contribution in [0.1, 0.15) is 29.8 Å². The Morgan fingerprint density at radius 1 is 0.957 bits per heavy atom.